The molecular formula is C11H20O2. The number of carbonyl (C=O) groups is 1. The lowest BCUT2D eigenvalue weighted by Gasteiger charge is -2.04. The monoisotopic (exact) mass is 184 g/mol. The van der Waals surface area contributed by atoms with Crippen molar-refractivity contribution < 1.29 is 9.90 Å². The van der Waals surface area contributed by atoms with Crippen molar-refractivity contribution in [3.05, 3.63) is 11.6 Å². The summed E-state index contributed by atoms with van der Waals surface area (Å²) in [6.07, 6.45) is 5.71. The molecule has 0 aliphatic carbocycles. The van der Waals surface area contributed by atoms with Gasteiger partial charge in [0.2, 0.25) is 0 Å². The number of aliphatic carboxylic acids is 1. The molecule has 0 amide bonds. The van der Waals surface area contributed by atoms with Gasteiger partial charge in [-0.15, -0.1) is 0 Å². The van der Waals surface area contributed by atoms with Crippen molar-refractivity contribution in [2.75, 3.05) is 0 Å². The Bertz CT molecular complexity index is 181. The number of hydrogen-bond donors (Lipinski definition) is 1. The Morgan fingerprint density at radius 1 is 1.38 bits per heavy atom. The van der Waals surface area contributed by atoms with Crippen LogP contribution >= 0.6 is 0 Å². The summed E-state index contributed by atoms with van der Waals surface area (Å²) in [7, 11) is 0. The number of carboxylic acids is 1. The van der Waals surface area contributed by atoms with Crippen LogP contribution in [0.3, 0.4) is 0 Å². The normalized spacial score (nSPS) is 12.2. The first kappa shape index (κ1) is 12.2. The molecule has 0 fully saturated rings. The molecule has 13 heavy (non-hydrogen) atoms. The molecule has 0 atom stereocenters. The fraction of sp³-hybridized carbons (Fsp3) is 0.727. The van der Waals surface area contributed by atoms with Gasteiger partial charge < -0.3 is 5.11 Å². The van der Waals surface area contributed by atoms with Crippen LogP contribution in [0.5, 0.6) is 0 Å². The lowest BCUT2D eigenvalue weighted by molar-refractivity contribution is -0.132. The molecule has 0 unspecified atom stereocenters. The third-order valence-electron chi connectivity index (χ3n) is 2.10. The summed E-state index contributed by atoms with van der Waals surface area (Å²) in [5.74, 6) is -0.0501. The SMILES string of the molecule is CC=C(CCCCC(C)C)C(=O)O. The number of carboxylic acid groups (broad SMARTS) is 1. The molecule has 0 aliphatic heterocycles. The van der Waals surface area contributed by atoms with Crippen LogP contribution in [0.2, 0.25) is 0 Å². The van der Waals surface area contributed by atoms with Gasteiger partial charge in [-0.2, -0.15) is 0 Å². The third kappa shape index (κ3) is 6.38. The van der Waals surface area contributed by atoms with Crippen LogP contribution in [0.25, 0.3) is 0 Å². The van der Waals surface area contributed by atoms with E-state index < -0.39 is 5.97 Å². The van der Waals surface area contributed by atoms with E-state index in [1.807, 2.05) is 0 Å². The predicted octanol–water partition coefficient (Wildman–Crippen LogP) is 3.23. The van der Waals surface area contributed by atoms with Crippen molar-refractivity contribution in [2.24, 2.45) is 5.92 Å². The Kier molecular flexibility index (Phi) is 6.29. The van der Waals surface area contributed by atoms with E-state index in [1.54, 1.807) is 13.0 Å². The highest BCUT2D eigenvalue weighted by Gasteiger charge is 2.04. The van der Waals surface area contributed by atoms with Gasteiger partial charge in [0.15, 0.2) is 0 Å². The quantitative estimate of drug-likeness (QED) is 0.508. The minimum Gasteiger partial charge on any atom is -0.478 e. The third-order valence-corrected chi connectivity index (χ3v) is 2.10. The van der Waals surface area contributed by atoms with E-state index in [-0.39, 0.29) is 0 Å². The molecule has 0 aromatic rings. The second kappa shape index (κ2) is 6.70. The van der Waals surface area contributed by atoms with E-state index in [1.165, 1.54) is 6.42 Å². The number of unbranched alkanes of at least 4 members (excludes halogenated alkanes) is 1. The number of rotatable bonds is 6. The van der Waals surface area contributed by atoms with Crippen molar-refractivity contribution in [1.82, 2.24) is 0 Å². The fourth-order valence-corrected chi connectivity index (χ4v) is 1.24. The van der Waals surface area contributed by atoms with Crippen LogP contribution in [0.15, 0.2) is 11.6 Å². The van der Waals surface area contributed by atoms with Crippen molar-refractivity contribution in [1.29, 1.82) is 0 Å². The minimum absolute atomic E-state index is 0.545. The first-order chi connectivity index (χ1) is 6.07. The van der Waals surface area contributed by atoms with Gasteiger partial charge in [-0.25, -0.2) is 4.79 Å². The lowest BCUT2D eigenvalue weighted by Crippen LogP contribution is -2.00. The summed E-state index contributed by atoms with van der Waals surface area (Å²) in [5, 5.41) is 8.71. The van der Waals surface area contributed by atoms with Crippen LogP contribution in [-0.2, 0) is 4.79 Å². The van der Waals surface area contributed by atoms with Crippen LogP contribution in [0.1, 0.15) is 46.5 Å². The summed E-state index contributed by atoms with van der Waals surface area (Å²) in [5.41, 5.74) is 0.545. The molecule has 0 rings (SSSR count). The van der Waals surface area contributed by atoms with E-state index in [9.17, 15) is 4.79 Å². The summed E-state index contributed by atoms with van der Waals surface area (Å²) in [6, 6.07) is 0. The molecule has 0 aliphatic rings. The summed E-state index contributed by atoms with van der Waals surface area (Å²) in [4.78, 5) is 10.6. The summed E-state index contributed by atoms with van der Waals surface area (Å²) < 4.78 is 0. The molecule has 0 bridgehead atoms. The second-order valence-corrected chi connectivity index (χ2v) is 3.76. The van der Waals surface area contributed by atoms with E-state index in [4.69, 9.17) is 5.11 Å². The fourth-order valence-electron chi connectivity index (χ4n) is 1.24. The summed E-state index contributed by atoms with van der Waals surface area (Å²) in [6.45, 7) is 6.16. The molecule has 2 nitrogen and oxygen atoms in total. The highest BCUT2D eigenvalue weighted by atomic mass is 16.4. The zero-order valence-corrected chi connectivity index (χ0v) is 8.84. The smallest absolute Gasteiger partial charge is 0.331 e. The molecule has 0 aromatic carbocycles. The highest BCUT2D eigenvalue weighted by Crippen LogP contribution is 2.12. The van der Waals surface area contributed by atoms with Gasteiger partial charge in [0.25, 0.3) is 0 Å². The van der Waals surface area contributed by atoms with Gasteiger partial charge in [-0.1, -0.05) is 32.8 Å². The van der Waals surface area contributed by atoms with Gasteiger partial charge >= 0.3 is 5.97 Å². The van der Waals surface area contributed by atoms with E-state index in [0.29, 0.717) is 12.0 Å². The molecule has 0 saturated heterocycles. The van der Waals surface area contributed by atoms with Gasteiger partial charge in [0, 0.05) is 5.57 Å². The van der Waals surface area contributed by atoms with Crippen LogP contribution in [-0.4, -0.2) is 11.1 Å². The first-order valence-electron chi connectivity index (χ1n) is 4.96. The molecule has 0 radical (unpaired) electrons. The maximum absolute atomic E-state index is 10.6. The molecule has 0 heterocycles. The highest BCUT2D eigenvalue weighted by molar-refractivity contribution is 5.86. The van der Waals surface area contributed by atoms with Gasteiger partial charge in [-0.05, 0) is 25.7 Å². The first-order valence-corrected chi connectivity index (χ1v) is 4.96. The summed E-state index contributed by atoms with van der Waals surface area (Å²) >= 11 is 0. The molecule has 0 saturated carbocycles. The Morgan fingerprint density at radius 2 is 2.00 bits per heavy atom. The minimum atomic E-state index is -0.771. The van der Waals surface area contributed by atoms with Crippen molar-refractivity contribution in [2.45, 2.75) is 46.5 Å². The van der Waals surface area contributed by atoms with E-state index in [2.05, 4.69) is 13.8 Å². The van der Waals surface area contributed by atoms with Gasteiger partial charge in [0.1, 0.15) is 0 Å². The Balaban J connectivity index is 3.57. The van der Waals surface area contributed by atoms with Crippen LogP contribution in [0.4, 0.5) is 0 Å². The van der Waals surface area contributed by atoms with E-state index >= 15 is 0 Å². The molecule has 1 N–H and O–H groups in total. The average molecular weight is 184 g/mol. The van der Waals surface area contributed by atoms with Crippen molar-refractivity contribution in [3.63, 3.8) is 0 Å². The molecular weight excluding hydrogens is 164 g/mol. The van der Waals surface area contributed by atoms with Crippen LogP contribution < -0.4 is 0 Å². The van der Waals surface area contributed by atoms with Crippen molar-refractivity contribution >= 4 is 5.97 Å². The topological polar surface area (TPSA) is 37.3 Å². The zero-order chi connectivity index (χ0) is 10.3. The Morgan fingerprint density at radius 3 is 2.38 bits per heavy atom. The standard InChI is InChI=1S/C11H20O2/c1-4-10(11(12)13)8-6-5-7-9(2)3/h4,9H,5-8H2,1-3H3,(H,12,13). The molecule has 2 heteroatoms. The van der Waals surface area contributed by atoms with Crippen LogP contribution in [0, 0.1) is 5.92 Å². The van der Waals surface area contributed by atoms with E-state index in [0.717, 1.165) is 18.8 Å². The Labute approximate surface area is 80.7 Å². The molecule has 0 spiro atoms. The van der Waals surface area contributed by atoms with Gasteiger partial charge in [0.05, 0.1) is 0 Å². The average Bonchev–Trinajstić information content (AvgIpc) is 2.03. The van der Waals surface area contributed by atoms with Gasteiger partial charge in [-0.3, -0.25) is 0 Å². The Hall–Kier alpha value is -0.790. The predicted molar refractivity (Wildman–Crippen MR) is 54.7 cm³/mol. The number of allylic oxidation sites excluding steroid dienone is 1. The largest absolute Gasteiger partial charge is 0.478 e. The maximum atomic E-state index is 10.6. The lowest BCUT2D eigenvalue weighted by atomic mass is 10.0. The molecule has 0 aromatic heterocycles. The zero-order valence-electron chi connectivity index (χ0n) is 8.84. The molecule has 76 valence electrons. The maximum Gasteiger partial charge on any atom is 0.331 e. The second-order valence-electron chi connectivity index (χ2n) is 3.76. The van der Waals surface area contributed by atoms with Crippen molar-refractivity contribution in [3.8, 4) is 0 Å². The number of hydrogen-bond acceptors (Lipinski definition) is 1.